The van der Waals surface area contributed by atoms with Crippen LogP contribution < -0.4 is 5.73 Å². The number of hydrogen-bond donors (Lipinski definition) is 1. The Morgan fingerprint density at radius 3 is 2.56 bits per heavy atom. The van der Waals surface area contributed by atoms with Crippen LogP contribution in [0.15, 0.2) is 34.9 Å². The highest BCUT2D eigenvalue weighted by molar-refractivity contribution is 5.63. The summed E-state index contributed by atoms with van der Waals surface area (Å²) in [6, 6.07) is 7.63. The van der Waals surface area contributed by atoms with Gasteiger partial charge in [0, 0.05) is 16.7 Å². The first-order valence-corrected chi connectivity index (χ1v) is 5.29. The lowest BCUT2D eigenvalue weighted by atomic mass is 9.97. The van der Waals surface area contributed by atoms with E-state index in [0.29, 0.717) is 0 Å². The predicted octanol–water partition coefficient (Wildman–Crippen LogP) is 3.22. The second-order valence-corrected chi connectivity index (χ2v) is 4.91. The molecule has 2 rings (SSSR count). The summed E-state index contributed by atoms with van der Waals surface area (Å²) in [5.74, 6) is 0.741. The van der Waals surface area contributed by atoms with Crippen molar-refractivity contribution in [2.24, 2.45) is 0 Å². The van der Waals surface area contributed by atoms with E-state index in [4.69, 9.17) is 10.2 Å². The summed E-state index contributed by atoms with van der Waals surface area (Å²) < 4.78 is 5.47. The Balaban J connectivity index is 2.39. The summed E-state index contributed by atoms with van der Waals surface area (Å²) in [7, 11) is 0. The molecule has 0 saturated carbocycles. The van der Waals surface area contributed by atoms with Gasteiger partial charge in [0.05, 0.1) is 0 Å². The molecule has 0 fully saturated rings. The fraction of sp³-hybridized carbons (Fsp3) is 0.308. The molecular formula is C13H16N2O. The van der Waals surface area contributed by atoms with Gasteiger partial charge in [-0.15, -0.1) is 0 Å². The second kappa shape index (κ2) is 3.67. The number of anilines is 1. The van der Waals surface area contributed by atoms with Crippen LogP contribution in [0.2, 0.25) is 0 Å². The number of nitrogens with zero attached hydrogens (tertiary/aromatic N) is 1. The number of aromatic nitrogens is 1. The van der Waals surface area contributed by atoms with Crippen LogP contribution in [-0.2, 0) is 5.41 Å². The van der Waals surface area contributed by atoms with E-state index in [1.165, 1.54) is 0 Å². The Kier molecular flexibility index (Phi) is 2.46. The van der Waals surface area contributed by atoms with Crippen LogP contribution in [0.25, 0.3) is 11.3 Å². The van der Waals surface area contributed by atoms with E-state index >= 15 is 0 Å². The van der Waals surface area contributed by atoms with E-state index in [-0.39, 0.29) is 5.41 Å². The monoisotopic (exact) mass is 216 g/mol. The summed E-state index contributed by atoms with van der Waals surface area (Å²) in [6.45, 7) is 6.21. The first-order chi connectivity index (χ1) is 7.47. The maximum absolute atomic E-state index is 5.73. The van der Waals surface area contributed by atoms with Crippen molar-refractivity contribution in [1.82, 2.24) is 4.98 Å². The number of nitrogen functional groups attached to an aromatic ring is 1. The molecule has 0 spiro atoms. The zero-order valence-corrected chi connectivity index (χ0v) is 9.82. The largest absolute Gasteiger partial charge is 0.448 e. The Labute approximate surface area is 95.3 Å². The van der Waals surface area contributed by atoms with Crippen LogP contribution in [0.3, 0.4) is 0 Å². The molecule has 16 heavy (non-hydrogen) atoms. The van der Waals surface area contributed by atoms with Crippen molar-refractivity contribution >= 4 is 5.69 Å². The van der Waals surface area contributed by atoms with Gasteiger partial charge in [0.15, 0.2) is 5.89 Å². The van der Waals surface area contributed by atoms with Crippen molar-refractivity contribution in [2.45, 2.75) is 26.2 Å². The van der Waals surface area contributed by atoms with Gasteiger partial charge >= 0.3 is 0 Å². The van der Waals surface area contributed by atoms with Gasteiger partial charge in [-0.1, -0.05) is 32.9 Å². The summed E-state index contributed by atoms with van der Waals surface area (Å²) >= 11 is 0. The minimum atomic E-state index is -0.0709. The van der Waals surface area contributed by atoms with E-state index in [0.717, 1.165) is 22.8 Å². The number of oxazole rings is 1. The summed E-state index contributed by atoms with van der Waals surface area (Å²) in [4.78, 5) is 4.47. The van der Waals surface area contributed by atoms with E-state index in [1.807, 2.05) is 24.3 Å². The van der Waals surface area contributed by atoms with Crippen molar-refractivity contribution in [3.8, 4) is 11.3 Å². The molecule has 2 aromatic rings. The zero-order chi connectivity index (χ0) is 11.8. The van der Waals surface area contributed by atoms with Crippen molar-refractivity contribution in [2.75, 3.05) is 5.73 Å². The Bertz CT molecular complexity index is 495. The van der Waals surface area contributed by atoms with Crippen molar-refractivity contribution in [1.29, 1.82) is 0 Å². The fourth-order valence-electron chi connectivity index (χ4n) is 1.45. The van der Waals surface area contributed by atoms with Crippen molar-refractivity contribution in [3.63, 3.8) is 0 Å². The molecule has 0 amide bonds. The third-order valence-electron chi connectivity index (χ3n) is 2.33. The number of benzene rings is 1. The normalized spacial score (nSPS) is 11.7. The standard InChI is InChI=1S/C13H16N2O/c1-13(2,3)12-15-11(8-16-12)9-5-4-6-10(14)7-9/h4-8H,14H2,1-3H3. The predicted molar refractivity (Wildman–Crippen MR) is 65.1 cm³/mol. The molecule has 0 aliphatic rings. The number of nitrogens with two attached hydrogens (primary N) is 1. The smallest absolute Gasteiger partial charge is 0.199 e. The minimum Gasteiger partial charge on any atom is -0.448 e. The van der Waals surface area contributed by atoms with Crippen LogP contribution in [0.4, 0.5) is 5.69 Å². The van der Waals surface area contributed by atoms with Crippen LogP contribution in [0.5, 0.6) is 0 Å². The van der Waals surface area contributed by atoms with Gasteiger partial charge in [-0.05, 0) is 12.1 Å². The first-order valence-electron chi connectivity index (χ1n) is 5.29. The quantitative estimate of drug-likeness (QED) is 0.744. The van der Waals surface area contributed by atoms with Crippen LogP contribution in [0.1, 0.15) is 26.7 Å². The molecule has 0 radical (unpaired) electrons. The lowest BCUT2D eigenvalue weighted by molar-refractivity contribution is 0.392. The minimum absolute atomic E-state index is 0.0709. The van der Waals surface area contributed by atoms with Crippen molar-refractivity contribution < 1.29 is 4.42 Å². The maximum Gasteiger partial charge on any atom is 0.199 e. The van der Waals surface area contributed by atoms with Gasteiger partial charge in [0.25, 0.3) is 0 Å². The average Bonchev–Trinajstić information content (AvgIpc) is 2.65. The number of hydrogen-bond acceptors (Lipinski definition) is 3. The highest BCUT2D eigenvalue weighted by Crippen LogP contribution is 2.26. The van der Waals surface area contributed by atoms with Crippen molar-refractivity contribution in [3.05, 3.63) is 36.4 Å². The second-order valence-electron chi connectivity index (χ2n) is 4.91. The molecule has 0 bridgehead atoms. The highest BCUT2D eigenvalue weighted by atomic mass is 16.3. The van der Waals surface area contributed by atoms with Gasteiger partial charge in [-0.25, -0.2) is 4.98 Å². The van der Waals surface area contributed by atoms with E-state index in [1.54, 1.807) is 6.26 Å². The average molecular weight is 216 g/mol. The molecule has 0 saturated heterocycles. The molecule has 84 valence electrons. The molecule has 1 aromatic carbocycles. The first kappa shape index (κ1) is 10.7. The molecular weight excluding hydrogens is 200 g/mol. The molecule has 0 aliphatic carbocycles. The lowest BCUT2D eigenvalue weighted by Gasteiger charge is -2.11. The SMILES string of the molecule is CC(C)(C)c1nc(-c2cccc(N)c2)co1. The Morgan fingerprint density at radius 2 is 2.00 bits per heavy atom. The zero-order valence-electron chi connectivity index (χ0n) is 9.82. The fourth-order valence-corrected chi connectivity index (χ4v) is 1.45. The maximum atomic E-state index is 5.73. The lowest BCUT2D eigenvalue weighted by Crippen LogP contribution is -2.11. The van der Waals surface area contributed by atoms with E-state index < -0.39 is 0 Å². The summed E-state index contributed by atoms with van der Waals surface area (Å²) in [5.41, 5.74) is 8.21. The van der Waals surface area contributed by atoms with Crippen LogP contribution in [0, 0.1) is 0 Å². The van der Waals surface area contributed by atoms with Gasteiger partial charge in [-0.2, -0.15) is 0 Å². The third kappa shape index (κ3) is 2.08. The van der Waals surface area contributed by atoms with Crippen LogP contribution in [-0.4, -0.2) is 4.98 Å². The molecule has 3 heteroatoms. The molecule has 0 atom stereocenters. The van der Waals surface area contributed by atoms with Gasteiger partial charge in [0.1, 0.15) is 12.0 Å². The Morgan fingerprint density at radius 1 is 1.25 bits per heavy atom. The van der Waals surface area contributed by atoms with Crippen LogP contribution >= 0.6 is 0 Å². The third-order valence-corrected chi connectivity index (χ3v) is 2.33. The molecule has 0 unspecified atom stereocenters. The summed E-state index contributed by atoms with van der Waals surface area (Å²) in [5, 5.41) is 0. The van der Waals surface area contributed by atoms with Gasteiger partial charge in [-0.3, -0.25) is 0 Å². The molecule has 1 aromatic heterocycles. The van der Waals surface area contributed by atoms with E-state index in [2.05, 4.69) is 25.8 Å². The molecule has 1 heterocycles. The highest BCUT2D eigenvalue weighted by Gasteiger charge is 2.20. The topological polar surface area (TPSA) is 52.0 Å². The van der Waals surface area contributed by atoms with Gasteiger partial charge in [0.2, 0.25) is 0 Å². The molecule has 0 aliphatic heterocycles. The molecule has 3 nitrogen and oxygen atoms in total. The van der Waals surface area contributed by atoms with Gasteiger partial charge < -0.3 is 10.2 Å². The summed E-state index contributed by atoms with van der Waals surface area (Å²) in [6.07, 6.45) is 1.68. The number of rotatable bonds is 1. The molecule has 2 N–H and O–H groups in total. The Hall–Kier alpha value is -1.77. The van der Waals surface area contributed by atoms with E-state index in [9.17, 15) is 0 Å².